The second kappa shape index (κ2) is 10.8. The van der Waals surface area contributed by atoms with Gasteiger partial charge in [0, 0.05) is 13.1 Å². The van der Waals surface area contributed by atoms with Crippen LogP contribution in [0.1, 0.15) is 22.3 Å². The van der Waals surface area contributed by atoms with E-state index in [0.717, 1.165) is 51.8 Å². The molecule has 0 unspecified atom stereocenters. The Morgan fingerprint density at radius 3 is 2.56 bits per heavy atom. The van der Waals surface area contributed by atoms with E-state index >= 15 is 0 Å². The van der Waals surface area contributed by atoms with Gasteiger partial charge in [0.15, 0.2) is 0 Å². The lowest BCUT2D eigenvalue weighted by atomic mass is 9.96. The van der Waals surface area contributed by atoms with Gasteiger partial charge in [0.1, 0.15) is 30.3 Å². The Hall–Kier alpha value is -3.87. The molecule has 1 aliphatic heterocycles. The smallest absolute Gasteiger partial charge is 0.335 e. The summed E-state index contributed by atoms with van der Waals surface area (Å²) in [6.45, 7) is 1.28. The topological polar surface area (TPSA) is 88.0 Å². The highest BCUT2D eigenvalue weighted by Gasteiger charge is 2.20. The predicted molar refractivity (Wildman–Crippen MR) is 140 cm³/mol. The second-order valence-electron chi connectivity index (χ2n) is 9.12. The summed E-state index contributed by atoms with van der Waals surface area (Å²) in [5, 5.41) is 25.0. The molecule has 0 bridgehead atoms. The molecule has 5 rings (SSSR count). The van der Waals surface area contributed by atoms with Crippen LogP contribution in [0.4, 0.5) is 0 Å². The zero-order valence-electron chi connectivity index (χ0n) is 19.9. The van der Waals surface area contributed by atoms with E-state index in [2.05, 4.69) is 17.4 Å². The maximum Gasteiger partial charge on any atom is 0.335 e. The standard InChI is InChI=1S/C30H29NO5/c32-26(19-35-27-12-9-20-3-1-2-4-23(20)16-27)17-31-18-28-13-10-25-15-24(11-14-29(25)36-28)21-5-7-22(8-6-21)30(33)34/h1-9,11-12,14-16,26,28,31-32H,10,13,17-19H2,(H,33,34)/t26-,28-/m1/s1. The van der Waals surface area contributed by atoms with Gasteiger partial charge < -0.3 is 25.0 Å². The number of aliphatic hydroxyl groups is 1. The van der Waals surface area contributed by atoms with Gasteiger partial charge in [0.05, 0.1) is 5.56 Å². The lowest BCUT2D eigenvalue weighted by Crippen LogP contribution is -2.39. The number of nitrogens with one attached hydrogen (secondary N) is 1. The number of carboxylic acid groups (broad SMARTS) is 1. The van der Waals surface area contributed by atoms with E-state index in [1.54, 1.807) is 12.1 Å². The van der Waals surface area contributed by atoms with Crippen molar-refractivity contribution in [2.45, 2.75) is 25.0 Å². The molecule has 1 aliphatic rings. The molecule has 0 aliphatic carbocycles. The summed E-state index contributed by atoms with van der Waals surface area (Å²) < 4.78 is 12.0. The molecule has 0 fully saturated rings. The molecule has 6 nitrogen and oxygen atoms in total. The van der Waals surface area contributed by atoms with E-state index in [4.69, 9.17) is 14.6 Å². The van der Waals surface area contributed by atoms with Crippen LogP contribution in [0.25, 0.3) is 21.9 Å². The number of ether oxygens (including phenoxy) is 2. The number of hydrogen-bond donors (Lipinski definition) is 3. The van der Waals surface area contributed by atoms with Crippen LogP contribution in [0.5, 0.6) is 11.5 Å². The number of aromatic carboxylic acids is 1. The minimum atomic E-state index is -0.926. The average Bonchev–Trinajstić information content (AvgIpc) is 2.91. The molecular formula is C30H29NO5. The van der Waals surface area contributed by atoms with Crippen molar-refractivity contribution in [2.75, 3.05) is 19.7 Å². The number of hydrogen-bond acceptors (Lipinski definition) is 5. The van der Waals surface area contributed by atoms with E-state index in [-0.39, 0.29) is 18.3 Å². The van der Waals surface area contributed by atoms with Crippen molar-refractivity contribution in [2.24, 2.45) is 0 Å². The lowest BCUT2D eigenvalue weighted by molar-refractivity contribution is 0.0697. The van der Waals surface area contributed by atoms with E-state index in [0.29, 0.717) is 13.1 Å². The zero-order chi connectivity index (χ0) is 24.9. The maximum absolute atomic E-state index is 11.1. The Morgan fingerprint density at radius 2 is 1.75 bits per heavy atom. The summed E-state index contributed by atoms with van der Waals surface area (Å²) in [6.07, 6.45) is 1.19. The molecule has 36 heavy (non-hydrogen) atoms. The number of aryl methyl sites for hydroxylation is 1. The quantitative estimate of drug-likeness (QED) is 0.313. The van der Waals surface area contributed by atoms with Gasteiger partial charge in [-0.05, 0) is 76.7 Å². The molecule has 0 aromatic heterocycles. The van der Waals surface area contributed by atoms with E-state index in [1.807, 2.05) is 60.7 Å². The van der Waals surface area contributed by atoms with Gasteiger partial charge in [0.25, 0.3) is 0 Å². The van der Waals surface area contributed by atoms with Crippen molar-refractivity contribution in [1.82, 2.24) is 5.32 Å². The first kappa shape index (κ1) is 23.9. The Labute approximate surface area is 210 Å². The molecule has 0 radical (unpaired) electrons. The summed E-state index contributed by atoms with van der Waals surface area (Å²) in [6, 6.07) is 27.0. The molecular weight excluding hydrogens is 454 g/mol. The maximum atomic E-state index is 11.1. The minimum Gasteiger partial charge on any atom is -0.491 e. The number of benzene rings is 4. The average molecular weight is 484 g/mol. The van der Waals surface area contributed by atoms with E-state index in [1.165, 1.54) is 0 Å². The monoisotopic (exact) mass is 483 g/mol. The summed E-state index contributed by atoms with van der Waals surface area (Å²) in [5.74, 6) is 0.696. The molecule has 1 heterocycles. The third kappa shape index (κ3) is 5.67. The first-order chi connectivity index (χ1) is 17.5. The third-order valence-electron chi connectivity index (χ3n) is 6.47. The highest BCUT2D eigenvalue weighted by Crippen LogP contribution is 2.32. The first-order valence-corrected chi connectivity index (χ1v) is 12.2. The van der Waals surface area contributed by atoms with Crippen molar-refractivity contribution >= 4 is 16.7 Å². The Morgan fingerprint density at radius 1 is 0.972 bits per heavy atom. The second-order valence-corrected chi connectivity index (χ2v) is 9.12. The van der Waals surface area contributed by atoms with Crippen molar-refractivity contribution in [1.29, 1.82) is 0 Å². The summed E-state index contributed by atoms with van der Waals surface area (Å²) in [7, 11) is 0. The molecule has 0 saturated carbocycles. The minimum absolute atomic E-state index is 0.0341. The van der Waals surface area contributed by atoms with E-state index in [9.17, 15) is 9.90 Å². The van der Waals surface area contributed by atoms with Crippen LogP contribution in [0.3, 0.4) is 0 Å². The molecule has 6 heteroatoms. The molecule has 4 aromatic carbocycles. The first-order valence-electron chi connectivity index (χ1n) is 12.2. The molecule has 0 saturated heterocycles. The SMILES string of the molecule is O=C(O)c1ccc(-c2ccc3c(c2)CC[C@H](CNC[C@@H](O)COc2ccc4ccccc4c2)O3)cc1. The van der Waals surface area contributed by atoms with Crippen LogP contribution in [-0.4, -0.2) is 48.1 Å². The van der Waals surface area contributed by atoms with Gasteiger partial charge >= 0.3 is 5.97 Å². The van der Waals surface area contributed by atoms with Gasteiger partial charge in [0.2, 0.25) is 0 Å². The van der Waals surface area contributed by atoms with Gasteiger partial charge in [-0.15, -0.1) is 0 Å². The molecule has 2 atom stereocenters. The van der Waals surface area contributed by atoms with Crippen molar-refractivity contribution in [3.8, 4) is 22.6 Å². The fourth-order valence-corrected chi connectivity index (χ4v) is 4.49. The number of fused-ring (bicyclic) bond motifs is 2. The molecule has 0 amide bonds. The van der Waals surface area contributed by atoms with Crippen LogP contribution in [-0.2, 0) is 6.42 Å². The fourth-order valence-electron chi connectivity index (χ4n) is 4.49. The summed E-state index contributed by atoms with van der Waals surface area (Å²) >= 11 is 0. The molecule has 0 spiro atoms. The van der Waals surface area contributed by atoms with Crippen LogP contribution < -0.4 is 14.8 Å². The zero-order valence-corrected chi connectivity index (χ0v) is 19.9. The number of carbonyl (C=O) groups is 1. The van der Waals surface area contributed by atoms with Crippen molar-refractivity contribution < 1.29 is 24.5 Å². The normalized spacial score (nSPS) is 15.6. The Kier molecular flexibility index (Phi) is 7.16. The van der Waals surface area contributed by atoms with Crippen molar-refractivity contribution in [3.05, 3.63) is 96.1 Å². The number of carboxylic acids is 1. The van der Waals surface area contributed by atoms with Gasteiger partial charge in [-0.3, -0.25) is 0 Å². The highest BCUT2D eigenvalue weighted by atomic mass is 16.5. The van der Waals surface area contributed by atoms with Crippen LogP contribution in [0, 0.1) is 0 Å². The predicted octanol–water partition coefficient (Wildman–Crippen LogP) is 4.93. The Balaban J connectivity index is 1.08. The van der Waals surface area contributed by atoms with Crippen LogP contribution >= 0.6 is 0 Å². The fraction of sp³-hybridized carbons (Fsp3) is 0.233. The lowest BCUT2D eigenvalue weighted by Gasteiger charge is -2.27. The van der Waals surface area contributed by atoms with Gasteiger partial charge in [-0.1, -0.05) is 48.5 Å². The molecule has 4 aromatic rings. The largest absolute Gasteiger partial charge is 0.491 e. The summed E-state index contributed by atoms with van der Waals surface area (Å²) in [5.41, 5.74) is 3.45. The molecule has 184 valence electrons. The number of rotatable bonds is 9. The third-order valence-corrected chi connectivity index (χ3v) is 6.47. The summed E-state index contributed by atoms with van der Waals surface area (Å²) in [4.78, 5) is 11.1. The molecule has 3 N–H and O–H groups in total. The number of aliphatic hydroxyl groups excluding tert-OH is 1. The highest BCUT2D eigenvalue weighted by molar-refractivity contribution is 5.88. The van der Waals surface area contributed by atoms with Gasteiger partial charge in [-0.2, -0.15) is 0 Å². The van der Waals surface area contributed by atoms with Gasteiger partial charge in [-0.25, -0.2) is 4.79 Å². The van der Waals surface area contributed by atoms with Crippen LogP contribution in [0.15, 0.2) is 84.9 Å². The van der Waals surface area contributed by atoms with Crippen molar-refractivity contribution in [3.63, 3.8) is 0 Å². The van der Waals surface area contributed by atoms with E-state index < -0.39 is 12.1 Å². The Bertz CT molecular complexity index is 1350. The van der Waals surface area contributed by atoms with Crippen LogP contribution in [0.2, 0.25) is 0 Å².